The molecule has 13 heavy (non-hydrogen) atoms. The maximum atomic E-state index is 12.9. The van der Waals surface area contributed by atoms with Crippen molar-refractivity contribution >= 4 is 28.3 Å². The monoisotopic (exact) mass is 267 g/mol. The summed E-state index contributed by atoms with van der Waals surface area (Å²) in [5, 5.41) is 0. The van der Waals surface area contributed by atoms with E-state index in [1.807, 2.05) is 6.07 Å². The number of hydrogen-bond donors (Lipinski definition) is 1. The van der Waals surface area contributed by atoms with E-state index in [9.17, 15) is 4.39 Å². The smallest absolute Gasteiger partial charge is 0.137 e. The lowest BCUT2D eigenvalue weighted by Gasteiger charge is -2.03. The van der Waals surface area contributed by atoms with Gasteiger partial charge in [-0.25, -0.2) is 4.39 Å². The molecule has 4 heteroatoms. The maximum Gasteiger partial charge on any atom is 0.137 e. The van der Waals surface area contributed by atoms with Gasteiger partial charge in [0.15, 0.2) is 0 Å². The second-order valence-electron chi connectivity index (χ2n) is 2.61. The molecule has 1 aromatic rings. The molecule has 0 spiro atoms. The molecule has 0 aromatic heterocycles. The largest absolute Gasteiger partial charge is 0.330 e. The van der Waals surface area contributed by atoms with Crippen molar-refractivity contribution in [1.82, 2.24) is 0 Å². The van der Waals surface area contributed by atoms with Crippen molar-refractivity contribution in [2.24, 2.45) is 5.73 Å². The van der Waals surface area contributed by atoms with Gasteiger partial charge in [-0.1, -0.05) is 12.1 Å². The van der Waals surface area contributed by atoms with Gasteiger partial charge in [-0.3, -0.25) is 0 Å². The predicted octanol–water partition coefficient (Wildman–Crippen LogP) is 2.90. The minimum absolute atomic E-state index is 0. The van der Waals surface area contributed by atoms with Gasteiger partial charge < -0.3 is 5.73 Å². The highest BCUT2D eigenvalue weighted by Gasteiger charge is 2.03. The fraction of sp³-hybridized carbons (Fsp3) is 0.333. The van der Waals surface area contributed by atoms with Gasteiger partial charge in [0.05, 0.1) is 4.47 Å². The van der Waals surface area contributed by atoms with Crippen molar-refractivity contribution in [3.8, 4) is 0 Å². The Morgan fingerprint density at radius 2 is 2.08 bits per heavy atom. The second kappa shape index (κ2) is 6.35. The topological polar surface area (TPSA) is 26.0 Å². The summed E-state index contributed by atoms with van der Waals surface area (Å²) in [7, 11) is 0. The summed E-state index contributed by atoms with van der Waals surface area (Å²) in [6, 6.07) is 5.06. The van der Waals surface area contributed by atoms with Crippen LogP contribution in [-0.2, 0) is 6.42 Å². The number of halogens is 3. The molecule has 0 saturated carbocycles. The van der Waals surface area contributed by atoms with Crippen molar-refractivity contribution < 1.29 is 4.39 Å². The van der Waals surface area contributed by atoms with Crippen LogP contribution in [-0.4, -0.2) is 6.54 Å². The summed E-state index contributed by atoms with van der Waals surface area (Å²) in [4.78, 5) is 0. The highest BCUT2D eigenvalue weighted by atomic mass is 79.9. The van der Waals surface area contributed by atoms with Crippen LogP contribution >= 0.6 is 28.3 Å². The van der Waals surface area contributed by atoms with E-state index < -0.39 is 0 Å². The van der Waals surface area contributed by atoms with Crippen molar-refractivity contribution in [3.63, 3.8) is 0 Å². The van der Waals surface area contributed by atoms with E-state index in [1.165, 1.54) is 6.07 Å². The van der Waals surface area contributed by atoms with Gasteiger partial charge in [0.2, 0.25) is 0 Å². The van der Waals surface area contributed by atoms with Crippen LogP contribution in [0.3, 0.4) is 0 Å². The predicted molar refractivity (Wildman–Crippen MR) is 58.7 cm³/mol. The van der Waals surface area contributed by atoms with Crippen molar-refractivity contribution in [2.75, 3.05) is 6.54 Å². The zero-order valence-corrected chi connectivity index (χ0v) is 9.50. The van der Waals surface area contributed by atoms with E-state index in [2.05, 4.69) is 15.9 Å². The lowest BCUT2D eigenvalue weighted by molar-refractivity contribution is 0.617. The van der Waals surface area contributed by atoms with Gasteiger partial charge in [-0.05, 0) is 46.9 Å². The molecule has 74 valence electrons. The summed E-state index contributed by atoms with van der Waals surface area (Å²) in [5.74, 6) is -0.204. The van der Waals surface area contributed by atoms with E-state index in [-0.39, 0.29) is 18.2 Å². The van der Waals surface area contributed by atoms with Crippen molar-refractivity contribution in [1.29, 1.82) is 0 Å². The zero-order chi connectivity index (χ0) is 8.97. The molecule has 2 N–H and O–H groups in total. The molecule has 0 aliphatic heterocycles. The standard InChI is InChI=1S/C9H11BrFN.ClH/c10-9-7(4-2-6-12)3-1-5-8(9)11;/h1,3,5H,2,4,6,12H2;1H. The highest BCUT2D eigenvalue weighted by molar-refractivity contribution is 9.10. The van der Waals surface area contributed by atoms with Crippen molar-refractivity contribution in [3.05, 3.63) is 34.1 Å². The summed E-state index contributed by atoms with van der Waals surface area (Å²) in [5.41, 5.74) is 6.34. The summed E-state index contributed by atoms with van der Waals surface area (Å²) >= 11 is 3.19. The number of nitrogens with two attached hydrogens (primary N) is 1. The van der Waals surface area contributed by atoms with E-state index in [4.69, 9.17) is 5.73 Å². The molecule has 0 heterocycles. The molecule has 0 atom stereocenters. The molecule has 1 rings (SSSR count). The Morgan fingerprint density at radius 3 is 2.69 bits per heavy atom. The molecule has 1 nitrogen and oxygen atoms in total. The lowest BCUT2D eigenvalue weighted by atomic mass is 10.1. The minimum Gasteiger partial charge on any atom is -0.330 e. The molecular formula is C9H12BrClFN. The summed E-state index contributed by atoms with van der Waals surface area (Å²) in [6.07, 6.45) is 1.72. The van der Waals surface area contributed by atoms with Gasteiger partial charge in [0, 0.05) is 0 Å². The molecule has 0 bridgehead atoms. The molecule has 0 aliphatic carbocycles. The van der Waals surface area contributed by atoms with Gasteiger partial charge in [-0.2, -0.15) is 0 Å². The lowest BCUT2D eigenvalue weighted by Crippen LogP contribution is -2.01. The highest BCUT2D eigenvalue weighted by Crippen LogP contribution is 2.21. The van der Waals surface area contributed by atoms with Crippen LogP contribution in [0.25, 0.3) is 0 Å². The zero-order valence-electron chi connectivity index (χ0n) is 7.09. The average molecular weight is 269 g/mol. The Morgan fingerprint density at radius 1 is 1.38 bits per heavy atom. The number of hydrogen-bond acceptors (Lipinski definition) is 1. The van der Waals surface area contributed by atoms with Crippen LogP contribution in [0.1, 0.15) is 12.0 Å². The first-order valence-corrected chi connectivity index (χ1v) is 4.68. The Kier molecular flexibility index (Phi) is 6.29. The number of rotatable bonds is 3. The molecular weight excluding hydrogens is 256 g/mol. The van der Waals surface area contributed by atoms with Gasteiger partial charge in [0.1, 0.15) is 5.82 Å². The number of aryl methyl sites for hydroxylation is 1. The molecule has 0 amide bonds. The maximum absolute atomic E-state index is 12.9. The Labute approximate surface area is 92.1 Å². The van der Waals surface area contributed by atoms with Gasteiger partial charge >= 0.3 is 0 Å². The molecule has 0 aliphatic rings. The first kappa shape index (κ1) is 12.9. The third kappa shape index (κ3) is 3.63. The SMILES string of the molecule is Cl.NCCCc1cccc(F)c1Br. The van der Waals surface area contributed by atoms with Gasteiger partial charge in [-0.15, -0.1) is 12.4 Å². The fourth-order valence-corrected chi connectivity index (χ4v) is 1.50. The normalized spacial score (nSPS) is 9.46. The van der Waals surface area contributed by atoms with Crippen LogP contribution in [0, 0.1) is 5.82 Å². The Balaban J connectivity index is 0.00000144. The van der Waals surface area contributed by atoms with E-state index >= 15 is 0 Å². The second-order valence-corrected chi connectivity index (χ2v) is 3.40. The van der Waals surface area contributed by atoms with Crippen LogP contribution in [0.2, 0.25) is 0 Å². The Bertz CT molecular complexity index is 268. The third-order valence-corrected chi connectivity index (χ3v) is 2.57. The summed E-state index contributed by atoms with van der Waals surface area (Å²) in [6.45, 7) is 0.642. The molecule has 0 unspecified atom stereocenters. The molecule has 0 saturated heterocycles. The van der Waals surface area contributed by atoms with E-state index in [0.717, 1.165) is 18.4 Å². The van der Waals surface area contributed by atoms with E-state index in [1.54, 1.807) is 6.07 Å². The van der Waals surface area contributed by atoms with Crippen LogP contribution in [0.5, 0.6) is 0 Å². The van der Waals surface area contributed by atoms with Crippen LogP contribution < -0.4 is 5.73 Å². The van der Waals surface area contributed by atoms with Gasteiger partial charge in [0.25, 0.3) is 0 Å². The minimum atomic E-state index is -0.204. The quantitative estimate of drug-likeness (QED) is 0.896. The van der Waals surface area contributed by atoms with Crippen molar-refractivity contribution in [2.45, 2.75) is 12.8 Å². The molecule has 0 radical (unpaired) electrons. The Hall–Kier alpha value is -0.120. The third-order valence-electron chi connectivity index (χ3n) is 1.68. The average Bonchev–Trinajstić information content (AvgIpc) is 2.08. The molecule has 1 aromatic carbocycles. The summed E-state index contributed by atoms with van der Waals surface area (Å²) < 4.78 is 13.5. The number of benzene rings is 1. The van der Waals surface area contributed by atoms with Crippen LogP contribution in [0.15, 0.2) is 22.7 Å². The molecule has 0 fully saturated rings. The van der Waals surface area contributed by atoms with Crippen LogP contribution in [0.4, 0.5) is 4.39 Å². The first-order chi connectivity index (χ1) is 5.75. The van der Waals surface area contributed by atoms with E-state index in [0.29, 0.717) is 11.0 Å². The fourth-order valence-electron chi connectivity index (χ4n) is 1.03. The first-order valence-electron chi connectivity index (χ1n) is 3.88.